The van der Waals surface area contributed by atoms with Crippen molar-refractivity contribution in [2.45, 2.75) is 58.9 Å². The highest BCUT2D eigenvalue weighted by Gasteiger charge is 2.31. The Labute approximate surface area is 108 Å². The number of carbonyl (C=O) groups excluding carboxylic acids is 1. The van der Waals surface area contributed by atoms with Gasteiger partial charge in [0.1, 0.15) is 0 Å². The first kappa shape index (κ1) is 14.0. The third-order valence-electron chi connectivity index (χ3n) is 3.92. The standard InChI is InChI=1S/C13H24BrNO/c1-4-13(2,3)12(16)15-11-8-6-5-7-10(11)9-14/h10-11H,4-9H2,1-3H3,(H,15,16). The molecule has 0 bridgehead atoms. The van der Waals surface area contributed by atoms with Crippen LogP contribution in [0.15, 0.2) is 0 Å². The minimum absolute atomic E-state index is 0.216. The van der Waals surface area contributed by atoms with Crippen molar-refractivity contribution in [3.05, 3.63) is 0 Å². The summed E-state index contributed by atoms with van der Waals surface area (Å²) >= 11 is 3.56. The number of hydrogen-bond acceptors (Lipinski definition) is 1. The van der Waals surface area contributed by atoms with E-state index in [1.807, 2.05) is 13.8 Å². The molecule has 0 aromatic heterocycles. The fourth-order valence-corrected chi connectivity index (χ4v) is 2.88. The molecule has 1 rings (SSSR count). The maximum atomic E-state index is 12.1. The topological polar surface area (TPSA) is 29.1 Å². The van der Waals surface area contributed by atoms with Gasteiger partial charge in [-0.25, -0.2) is 0 Å². The quantitative estimate of drug-likeness (QED) is 0.789. The van der Waals surface area contributed by atoms with Gasteiger partial charge in [0.05, 0.1) is 0 Å². The molecule has 1 aliphatic carbocycles. The highest BCUT2D eigenvalue weighted by Crippen LogP contribution is 2.27. The number of carbonyl (C=O) groups is 1. The summed E-state index contributed by atoms with van der Waals surface area (Å²) in [5.74, 6) is 0.832. The first-order valence-electron chi connectivity index (χ1n) is 6.38. The maximum absolute atomic E-state index is 12.1. The highest BCUT2D eigenvalue weighted by atomic mass is 79.9. The molecule has 1 N–H and O–H groups in total. The summed E-state index contributed by atoms with van der Waals surface area (Å²) in [5.41, 5.74) is -0.228. The minimum atomic E-state index is -0.228. The summed E-state index contributed by atoms with van der Waals surface area (Å²) in [6.07, 6.45) is 5.83. The lowest BCUT2D eigenvalue weighted by Gasteiger charge is -2.33. The zero-order chi connectivity index (χ0) is 12.2. The Kier molecular flexibility index (Phi) is 5.29. The van der Waals surface area contributed by atoms with Gasteiger partial charge in [-0.15, -0.1) is 0 Å². The van der Waals surface area contributed by atoms with Gasteiger partial charge in [0.25, 0.3) is 0 Å². The van der Waals surface area contributed by atoms with Crippen molar-refractivity contribution in [1.82, 2.24) is 5.32 Å². The first-order valence-corrected chi connectivity index (χ1v) is 7.50. The molecule has 94 valence electrons. The molecule has 2 nitrogen and oxygen atoms in total. The van der Waals surface area contributed by atoms with Crippen molar-refractivity contribution in [3.8, 4) is 0 Å². The van der Waals surface area contributed by atoms with E-state index >= 15 is 0 Å². The van der Waals surface area contributed by atoms with Crippen molar-refractivity contribution in [2.75, 3.05) is 5.33 Å². The molecule has 0 aliphatic heterocycles. The van der Waals surface area contributed by atoms with Crippen LogP contribution in [0.4, 0.5) is 0 Å². The van der Waals surface area contributed by atoms with Crippen LogP contribution in [0.25, 0.3) is 0 Å². The molecule has 0 spiro atoms. The van der Waals surface area contributed by atoms with E-state index in [1.54, 1.807) is 0 Å². The SMILES string of the molecule is CCC(C)(C)C(=O)NC1CCCCC1CBr. The lowest BCUT2D eigenvalue weighted by molar-refractivity contribution is -0.130. The molecule has 1 saturated carbocycles. The van der Waals surface area contributed by atoms with Crippen molar-refractivity contribution in [1.29, 1.82) is 0 Å². The fraction of sp³-hybridized carbons (Fsp3) is 0.923. The van der Waals surface area contributed by atoms with Gasteiger partial charge in [0.2, 0.25) is 5.91 Å². The minimum Gasteiger partial charge on any atom is -0.353 e. The fourth-order valence-electron chi connectivity index (χ4n) is 2.11. The second kappa shape index (κ2) is 6.04. The molecule has 2 unspecified atom stereocenters. The van der Waals surface area contributed by atoms with E-state index < -0.39 is 0 Å². The summed E-state index contributed by atoms with van der Waals surface area (Å²) < 4.78 is 0. The van der Waals surface area contributed by atoms with Gasteiger partial charge in [-0.3, -0.25) is 4.79 Å². The van der Waals surface area contributed by atoms with Crippen LogP contribution in [0, 0.1) is 11.3 Å². The van der Waals surface area contributed by atoms with Crippen molar-refractivity contribution in [2.24, 2.45) is 11.3 Å². The number of hydrogen-bond donors (Lipinski definition) is 1. The van der Waals surface area contributed by atoms with Gasteiger partial charge in [-0.2, -0.15) is 0 Å². The molecule has 0 heterocycles. The zero-order valence-corrected chi connectivity index (χ0v) is 12.3. The van der Waals surface area contributed by atoms with E-state index in [-0.39, 0.29) is 11.3 Å². The summed E-state index contributed by atoms with van der Waals surface area (Å²) in [4.78, 5) is 12.1. The van der Waals surface area contributed by atoms with Crippen LogP contribution in [0.3, 0.4) is 0 Å². The zero-order valence-electron chi connectivity index (χ0n) is 10.7. The molecule has 16 heavy (non-hydrogen) atoms. The molecule has 0 saturated heterocycles. The molecule has 0 aromatic carbocycles. The second-order valence-corrected chi connectivity index (χ2v) is 6.16. The van der Waals surface area contributed by atoms with Crippen molar-refractivity contribution in [3.63, 3.8) is 0 Å². The lowest BCUT2D eigenvalue weighted by atomic mass is 9.83. The van der Waals surface area contributed by atoms with E-state index in [0.29, 0.717) is 12.0 Å². The normalized spacial score (nSPS) is 26.5. The van der Waals surface area contributed by atoms with Crippen LogP contribution >= 0.6 is 15.9 Å². The molecular formula is C13H24BrNO. The highest BCUT2D eigenvalue weighted by molar-refractivity contribution is 9.09. The van der Waals surface area contributed by atoms with Gasteiger partial charge in [-0.05, 0) is 25.2 Å². The maximum Gasteiger partial charge on any atom is 0.225 e. The predicted molar refractivity (Wildman–Crippen MR) is 71.8 cm³/mol. The number of amides is 1. The molecular weight excluding hydrogens is 266 g/mol. The molecule has 1 aliphatic rings. The van der Waals surface area contributed by atoms with Crippen LogP contribution in [-0.2, 0) is 4.79 Å². The van der Waals surface area contributed by atoms with Crippen LogP contribution in [0.1, 0.15) is 52.9 Å². The van der Waals surface area contributed by atoms with Gasteiger partial charge < -0.3 is 5.32 Å². The number of nitrogens with one attached hydrogen (secondary N) is 1. The van der Waals surface area contributed by atoms with Gasteiger partial charge in [0, 0.05) is 16.8 Å². The third-order valence-corrected chi connectivity index (χ3v) is 4.75. The summed E-state index contributed by atoms with van der Waals surface area (Å²) in [5, 5.41) is 4.25. The average molecular weight is 290 g/mol. The van der Waals surface area contributed by atoms with Crippen molar-refractivity contribution >= 4 is 21.8 Å². The predicted octanol–water partition coefficient (Wildman–Crippen LogP) is 3.49. The van der Waals surface area contributed by atoms with E-state index in [0.717, 1.165) is 18.2 Å². The Bertz CT molecular complexity index is 240. The second-order valence-electron chi connectivity index (χ2n) is 5.52. The van der Waals surface area contributed by atoms with E-state index in [9.17, 15) is 4.79 Å². The average Bonchev–Trinajstić information content (AvgIpc) is 2.29. The molecule has 0 aromatic rings. The van der Waals surface area contributed by atoms with Crippen LogP contribution < -0.4 is 5.32 Å². The first-order chi connectivity index (χ1) is 7.51. The monoisotopic (exact) mass is 289 g/mol. The van der Waals surface area contributed by atoms with E-state index in [4.69, 9.17) is 0 Å². The number of alkyl halides is 1. The third kappa shape index (κ3) is 3.47. The van der Waals surface area contributed by atoms with E-state index in [1.165, 1.54) is 19.3 Å². The van der Waals surface area contributed by atoms with Gasteiger partial charge in [0.15, 0.2) is 0 Å². The number of rotatable bonds is 4. The summed E-state index contributed by atoms with van der Waals surface area (Å²) in [6, 6.07) is 0.381. The van der Waals surface area contributed by atoms with Gasteiger partial charge >= 0.3 is 0 Å². The van der Waals surface area contributed by atoms with Crippen LogP contribution in [0.5, 0.6) is 0 Å². The Hall–Kier alpha value is -0.0500. The summed E-state index contributed by atoms with van der Waals surface area (Å²) in [7, 11) is 0. The Balaban J connectivity index is 2.54. The largest absolute Gasteiger partial charge is 0.353 e. The Morgan fingerprint density at radius 1 is 1.38 bits per heavy atom. The molecule has 0 radical (unpaired) electrons. The Morgan fingerprint density at radius 2 is 2.00 bits per heavy atom. The van der Waals surface area contributed by atoms with E-state index in [2.05, 4.69) is 28.2 Å². The smallest absolute Gasteiger partial charge is 0.225 e. The van der Waals surface area contributed by atoms with Crippen molar-refractivity contribution < 1.29 is 4.79 Å². The molecule has 1 fully saturated rings. The number of halogens is 1. The molecule has 3 heteroatoms. The van der Waals surface area contributed by atoms with Gasteiger partial charge in [-0.1, -0.05) is 49.5 Å². The Morgan fingerprint density at radius 3 is 2.56 bits per heavy atom. The summed E-state index contributed by atoms with van der Waals surface area (Å²) in [6.45, 7) is 6.12. The van der Waals surface area contributed by atoms with Crippen LogP contribution in [0.2, 0.25) is 0 Å². The molecule has 1 amide bonds. The lowest BCUT2D eigenvalue weighted by Crippen LogP contribution is -2.47. The van der Waals surface area contributed by atoms with Crippen LogP contribution in [-0.4, -0.2) is 17.3 Å². The molecule has 2 atom stereocenters.